The number of aliphatic carboxylic acids is 1. The van der Waals surface area contributed by atoms with Gasteiger partial charge in [0, 0.05) is 16.6 Å². The van der Waals surface area contributed by atoms with E-state index in [1.807, 2.05) is 6.07 Å². The molecule has 0 radical (unpaired) electrons. The Kier molecular flexibility index (Phi) is 5.31. The number of carboxylic acids is 1. The minimum absolute atomic E-state index is 0.137. The van der Waals surface area contributed by atoms with Crippen LogP contribution in [-0.2, 0) is 22.4 Å². The number of anilines is 1. The van der Waals surface area contributed by atoms with Crippen LogP contribution in [0.3, 0.4) is 0 Å². The first-order valence-electron chi connectivity index (χ1n) is 8.95. The van der Waals surface area contributed by atoms with Crippen LogP contribution in [-0.4, -0.2) is 17.0 Å². The number of aryl methyl sites for hydroxylation is 1. The van der Waals surface area contributed by atoms with Crippen LogP contribution < -0.4 is 5.32 Å². The molecule has 0 unspecified atom stereocenters. The van der Waals surface area contributed by atoms with Gasteiger partial charge in [-0.2, -0.15) is 0 Å². The summed E-state index contributed by atoms with van der Waals surface area (Å²) in [7, 11) is 0. The third-order valence-electron chi connectivity index (χ3n) is 4.65. The number of carbonyl (C=O) groups is 2. The molecule has 1 amide bonds. The Morgan fingerprint density at radius 1 is 1.11 bits per heavy atom. The average molecular weight is 365 g/mol. The second-order valence-electron chi connectivity index (χ2n) is 7.07. The molecule has 2 aromatic carbocycles. The zero-order chi connectivity index (χ0) is 19.6. The molecule has 140 valence electrons. The van der Waals surface area contributed by atoms with Gasteiger partial charge in [-0.25, -0.2) is 0 Å². The first kappa shape index (κ1) is 18.7. The van der Waals surface area contributed by atoms with Crippen molar-refractivity contribution in [2.75, 3.05) is 5.32 Å². The normalized spacial score (nSPS) is 11.1. The van der Waals surface area contributed by atoms with Crippen molar-refractivity contribution in [2.45, 2.75) is 39.5 Å². The quantitative estimate of drug-likeness (QED) is 0.665. The molecule has 0 atom stereocenters. The summed E-state index contributed by atoms with van der Waals surface area (Å²) in [4.78, 5) is 23.5. The molecular formula is C22H23NO4. The van der Waals surface area contributed by atoms with E-state index in [0.717, 1.165) is 16.5 Å². The zero-order valence-corrected chi connectivity index (χ0v) is 15.7. The lowest BCUT2D eigenvalue weighted by Gasteiger charge is -2.11. The highest BCUT2D eigenvalue weighted by molar-refractivity contribution is 5.96. The number of nitrogens with one attached hydrogen (secondary N) is 1. The molecule has 1 heterocycles. The number of benzene rings is 2. The van der Waals surface area contributed by atoms with Crippen LogP contribution in [0.1, 0.15) is 42.0 Å². The lowest BCUT2D eigenvalue weighted by atomic mass is 9.95. The Bertz CT molecular complexity index is 1000. The third kappa shape index (κ3) is 4.19. The van der Waals surface area contributed by atoms with Gasteiger partial charge < -0.3 is 14.8 Å². The summed E-state index contributed by atoms with van der Waals surface area (Å²) in [5.74, 6) is -0.759. The molecule has 5 nitrogen and oxygen atoms in total. The summed E-state index contributed by atoms with van der Waals surface area (Å²) >= 11 is 0. The maximum absolute atomic E-state index is 12.5. The SMILES string of the molecule is Cc1cc2occ(CC(=O)Nc3ccccc3CC(=O)O)c2cc1C(C)C. The van der Waals surface area contributed by atoms with Gasteiger partial charge in [0.2, 0.25) is 5.91 Å². The van der Waals surface area contributed by atoms with Crippen LogP contribution in [0.25, 0.3) is 11.0 Å². The van der Waals surface area contributed by atoms with Crippen LogP contribution in [0.4, 0.5) is 5.69 Å². The number of carbonyl (C=O) groups excluding carboxylic acids is 1. The molecule has 0 saturated heterocycles. The highest BCUT2D eigenvalue weighted by atomic mass is 16.4. The zero-order valence-electron chi connectivity index (χ0n) is 15.7. The summed E-state index contributed by atoms with van der Waals surface area (Å²) in [6, 6.07) is 11.0. The van der Waals surface area contributed by atoms with E-state index in [0.29, 0.717) is 17.2 Å². The van der Waals surface area contributed by atoms with E-state index in [1.54, 1.807) is 30.5 Å². The predicted octanol–water partition coefficient (Wildman–Crippen LogP) is 4.67. The van der Waals surface area contributed by atoms with E-state index in [1.165, 1.54) is 11.1 Å². The number of fused-ring (bicyclic) bond motifs is 1. The summed E-state index contributed by atoms with van der Waals surface area (Å²) in [5.41, 5.74) is 5.10. The van der Waals surface area contributed by atoms with Gasteiger partial charge in [-0.1, -0.05) is 32.0 Å². The molecule has 0 aliphatic carbocycles. The number of amides is 1. The number of hydrogen-bond acceptors (Lipinski definition) is 3. The maximum atomic E-state index is 12.5. The Morgan fingerprint density at radius 2 is 1.85 bits per heavy atom. The smallest absolute Gasteiger partial charge is 0.307 e. The van der Waals surface area contributed by atoms with Crippen molar-refractivity contribution in [3.63, 3.8) is 0 Å². The molecule has 0 bridgehead atoms. The van der Waals surface area contributed by atoms with Crippen molar-refractivity contribution in [3.05, 3.63) is 64.9 Å². The highest BCUT2D eigenvalue weighted by Gasteiger charge is 2.15. The van der Waals surface area contributed by atoms with E-state index in [2.05, 4.69) is 32.2 Å². The van der Waals surface area contributed by atoms with E-state index >= 15 is 0 Å². The topological polar surface area (TPSA) is 79.5 Å². The lowest BCUT2D eigenvalue weighted by molar-refractivity contribution is -0.136. The van der Waals surface area contributed by atoms with Gasteiger partial charge in [0.05, 0.1) is 19.1 Å². The van der Waals surface area contributed by atoms with Crippen molar-refractivity contribution >= 4 is 28.5 Å². The van der Waals surface area contributed by atoms with Crippen molar-refractivity contribution in [1.82, 2.24) is 0 Å². The van der Waals surface area contributed by atoms with E-state index in [-0.39, 0.29) is 18.7 Å². The fourth-order valence-corrected chi connectivity index (χ4v) is 3.33. The fraction of sp³-hybridized carbons (Fsp3) is 0.273. The number of hydrogen-bond donors (Lipinski definition) is 2. The molecule has 1 aromatic heterocycles. The number of carboxylic acid groups (broad SMARTS) is 1. The number of rotatable bonds is 6. The summed E-state index contributed by atoms with van der Waals surface area (Å²) in [6.45, 7) is 6.34. The molecule has 27 heavy (non-hydrogen) atoms. The highest BCUT2D eigenvalue weighted by Crippen LogP contribution is 2.29. The van der Waals surface area contributed by atoms with Gasteiger partial charge in [0.15, 0.2) is 0 Å². The molecule has 5 heteroatoms. The predicted molar refractivity (Wildman–Crippen MR) is 105 cm³/mol. The van der Waals surface area contributed by atoms with Crippen LogP contribution in [0.2, 0.25) is 0 Å². The molecular weight excluding hydrogens is 342 g/mol. The third-order valence-corrected chi connectivity index (χ3v) is 4.65. The Balaban J connectivity index is 1.83. The van der Waals surface area contributed by atoms with Crippen LogP contribution in [0, 0.1) is 6.92 Å². The lowest BCUT2D eigenvalue weighted by Crippen LogP contribution is -2.16. The van der Waals surface area contributed by atoms with Gasteiger partial charge in [-0.3, -0.25) is 9.59 Å². The Hall–Kier alpha value is -3.08. The van der Waals surface area contributed by atoms with Crippen LogP contribution in [0.5, 0.6) is 0 Å². The molecule has 0 aliphatic rings. The van der Waals surface area contributed by atoms with E-state index in [9.17, 15) is 9.59 Å². The largest absolute Gasteiger partial charge is 0.481 e. The summed E-state index contributed by atoms with van der Waals surface area (Å²) < 4.78 is 5.63. The second kappa shape index (κ2) is 7.66. The van der Waals surface area contributed by atoms with Crippen LogP contribution in [0.15, 0.2) is 47.1 Å². The molecule has 3 rings (SSSR count). The van der Waals surface area contributed by atoms with Gasteiger partial charge >= 0.3 is 5.97 Å². The van der Waals surface area contributed by atoms with Crippen molar-refractivity contribution in [3.8, 4) is 0 Å². The molecule has 2 N–H and O–H groups in total. The maximum Gasteiger partial charge on any atom is 0.307 e. The Labute approximate surface area is 158 Å². The van der Waals surface area contributed by atoms with E-state index < -0.39 is 5.97 Å². The number of para-hydroxylation sites is 1. The minimum Gasteiger partial charge on any atom is -0.481 e. The molecule has 0 aliphatic heterocycles. The van der Waals surface area contributed by atoms with Crippen molar-refractivity contribution in [1.29, 1.82) is 0 Å². The standard InChI is InChI=1S/C22H23NO4/c1-13(2)17-11-18-16(12-27-20(18)8-14(17)3)9-21(24)23-19-7-5-4-6-15(19)10-22(25)26/h4-8,11-13H,9-10H2,1-3H3,(H,23,24)(H,25,26). The van der Waals surface area contributed by atoms with E-state index in [4.69, 9.17) is 9.52 Å². The second-order valence-corrected chi connectivity index (χ2v) is 7.07. The number of furan rings is 1. The van der Waals surface area contributed by atoms with Gasteiger partial charge in [-0.05, 0) is 47.7 Å². The molecule has 0 saturated carbocycles. The fourth-order valence-electron chi connectivity index (χ4n) is 3.33. The first-order chi connectivity index (χ1) is 12.8. The summed E-state index contributed by atoms with van der Waals surface area (Å²) in [5, 5.41) is 12.8. The van der Waals surface area contributed by atoms with Crippen molar-refractivity contribution < 1.29 is 19.1 Å². The molecule has 0 fully saturated rings. The van der Waals surface area contributed by atoms with Crippen molar-refractivity contribution in [2.24, 2.45) is 0 Å². The Morgan fingerprint density at radius 3 is 2.56 bits per heavy atom. The molecule has 3 aromatic rings. The summed E-state index contributed by atoms with van der Waals surface area (Å²) in [6.07, 6.45) is 1.65. The van der Waals surface area contributed by atoms with Crippen LogP contribution >= 0.6 is 0 Å². The monoisotopic (exact) mass is 365 g/mol. The van der Waals surface area contributed by atoms with Gasteiger partial charge in [0.25, 0.3) is 0 Å². The molecule has 0 spiro atoms. The first-order valence-corrected chi connectivity index (χ1v) is 8.95. The van der Waals surface area contributed by atoms with Gasteiger partial charge in [0.1, 0.15) is 5.58 Å². The van der Waals surface area contributed by atoms with Gasteiger partial charge in [-0.15, -0.1) is 0 Å². The minimum atomic E-state index is -0.936. The average Bonchev–Trinajstić information content (AvgIpc) is 2.96.